The maximum atomic E-state index is 11.8. The van der Waals surface area contributed by atoms with Gasteiger partial charge < -0.3 is 10.5 Å². The number of nitrogens with zero attached hydrogens (tertiary/aromatic N) is 1. The van der Waals surface area contributed by atoms with Gasteiger partial charge in [-0.1, -0.05) is 11.6 Å². The number of halogens is 1. The number of fused-ring (bicyclic) bond motifs is 1. The van der Waals surface area contributed by atoms with E-state index < -0.39 is 5.97 Å². The summed E-state index contributed by atoms with van der Waals surface area (Å²) in [6.45, 7) is 5.77. The highest BCUT2D eigenvalue weighted by atomic mass is 35.5. The molecule has 0 amide bonds. The Morgan fingerprint density at radius 2 is 2.17 bits per heavy atom. The summed E-state index contributed by atoms with van der Waals surface area (Å²) in [5, 5.41) is 1.33. The standard InChI is InChI=1S/C12H13ClN2O2S/c1-4-17-12(16)10-9(14)7-5(2)8(13)6(3)15-11(7)18-10/h4,14H2,1-3H3. The Morgan fingerprint density at radius 3 is 2.78 bits per heavy atom. The van der Waals surface area contributed by atoms with Crippen molar-refractivity contribution in [3.05, 3.63) is 21.2 Å². The number of thiophene rings is 1. The molecule has 0 bridgehead atoms. The minimum absolute atomic E-state index is 0.318. The van der Waals surface area contributed by atoms with Gasteiger partial charge in [-0.2, -0.15) is 0 Å². The van der Waals surface area contributed by atoms with E-state index in [4.69, 9.17) is 22.1 Å². The molecule has 0 aromatic carbocycles. The van der Waals surface area contributed by atoms with E-state index in [1.165, 1.54) is 11.3 Å². The zero-order chi connectivity index (χ0) is 13.4. The largest absolute Gasteiger partial charge is 0.462 e. The summed E-state index contributed by atoms with van der Waals surface area (Å²) in [6, 6.07) is 0. The normalized spacial score (nSPS) is 10.9. The molecule has 6 heteroatoms. The Morgan fingerprint density at radius 1 is 1.50 bits per heavy atom. The van der Waals surface area contributed by atoms with Gasteiger partial charge in [0.25, 0.3) is 0 Å². The lowest BCUT2D eigenvalue weighted by Gasteiger charge is -2.04. The minimum atomic E-state index is -0.411. The molecule has 18 heavy (non-hydrogen) atoms. The number of pyridine rings is 1. The predicted octanol–water partition coefficient (Wildman–Crippen LogP) is 3.33. The van der Waals surface area contributed by atoms with Gasteiger partial charge in [0.05, 0.1) is 23.0 Å². The topological polar surface area (TPSA) is 65.2 Å². The molecule has 0 saturated carbocycles. The number of anilines is 1. The minimum Gasteiger partial charge on any atom is -0.462 e. The van der Waals surface area contributed by atoms with Crippen LogP contribution in [0.1, 0.15) is 27.9 Å². The Bertz CT molecular complexity index is 637. The van der Waals surface area contributed by atoms with Gasteiger partial charge in [0.15, 0.2) is 0 Å². The summed E-state index contributed by atoms with van der Waals surface area (Å²) in [5.74, 6) is -0.411. The van der Waals surface area contributed by atoms with Crippen molar-refractivity contribution in [3.63, 3.8) is 0 Å². The van der Waals surface area contributed by atoms with E-state index in [-0.39, 0.29) is 0 Å². The molecule has 0 aliphatic carbocycles. The van der Waals surface area contributed by atoms with Crippen LogP contribution in [-0.4, -0.2) is 17.6 Å². The Labute approximate surface area is 114 Å². The smallest absolute Gasteiger partial charge is 0.350 e. The molecule has 0 unspecified atom stereocenters. The van der Waals surface area contributed by atoms with Gasteiger partial charge in [0, 0.05) is 5.39 Å². The SMILES string of the molecule is CCOC(=O)c1sc2nc(C)c(Cl)c(C)c2c1N. The molecule has 0 aliphatic rings. The van der Waals surface area contributed by atoms with Gasteiger partial charge in [0.1, 0.15) is 9.71 Å². The third-order valence-electron chi connectivity index (χ3n) is 2.68. The van der Waals surface area contributed by atoms with Crippen LogP contribution in [0.15, 0.2) is 0 Å². The van der Waals surface area contributed by atoms with Crippen LogP contribution < -0.4 is 5.73 Å². The number of carbonyl (C=O) groups excluding carboxylic acids is 1. The summed E-state index contributed by atoms with van der Waals surface area (Å²) in [7, 11) is 0. The highest BCUT2D eigenvalue weighted by molar-refractivity contribution is 7.21. The van der Waals surface area contributed by atoms with E-state index in [9.17, 15) is 4.79 Å². The number of aromatic nitrogens is 1. The number of rotatable bonds is 2. The van der Waals surface area contributed by atoms with Gasteiger partial charge in [0.2, 0.25) is 0 Å². The van der Waals surface area contributed by atoms with Crippen molar-refractivity contribution in [2.24, 2.45) is 0 Å². The summed E-state index contributed by atoms with van der Waals surface area (Å²) in [4.78, 5) is 17.2. The van der Waals surface area contributed by atoms with E-state index in [2.05, 4.69) is 4.98 Å². The molecule has 4 nitrogen and oxygen atoms in total. The molecule has 2 heterocycles. The molecule has 0 fully saturated rings. The first-order valence-corrected chi connectivity index (χ1v) is 6.68. The molecule has 0 spiro atoms. The lowest BCUT2D eigenvalue weighted by atomic mass is 10.1. The lowest BCUT2D eigenvalue weighted by molar-refractivity contribution is 0.0533. The third-order valence-corrected chi connectivity index (χ3v) is 4.31. The van der Waals surface area contributed by atoms with Crippen LogP contribution in [-0.2, 0) is 4.74 Å². The molecular formula is C12H13ClN2O2S. The van der Waals surface area contributed by atoms with Gasteiger partial charge in [-0.15, -0.1) is 11.3 Å². The second-order valence-corrected chi connectivity index (χ2v) is 5.26. The van der Waals surface area contributed by atoms with Crippen molar-refractivity contribution in [2.75, 3.05) is 12.3 Å². The monoisotopic (exact) mass is 284 g/mol. The first kappa shape index (κ1) is 13.1. The van der Waals surface area contributed by atoms with Crippen LogP contribution in [0.3, 0.4) is 0 Å². The van der Waals surface area contributed by atoms with Crippen molar-refractivity contribution in [3.8, 4) is 0 Å². The number of nitrogen functional groups attached to an aromatic ring is 1. The van der Waals surface area contributed by atoms with Crippen molar-refractivity contribution in [2.45, 2.75) is 20.8 Å². The van der Waals surface area contributed by atoms with Crippen molar-refractivity contribution < 1.29 is 9.53 Å². The molecule has 96 valence electrons. The highest BCUT2D eigenvalue weighted by Crippen LogP contribution is 2.38. The Kier molecular flexibility index (Phi) is 3.45. The number of hydrogen-bond acceptors (Lipinski definition) is 5. The van der Waals surface area contributed by atoms with Gasteiger partial charge in [-0.3, -0.25) is 0 Å². The summed E-state index contributed by atoms with van der Waals surface area (Å²) >= 11 is 7.39. The fraction of sp³-hybridized carbons (Fsp3) is 0.333. The maximum Gasteiger partial charge on any atom is 0.350 e. The van der Waals surface area contributed by atoms with E-state index >= 15 is 0 Å². The van der Waals surface area contributed by atoms with E-state index in [0.29, 0.717) is 22.2 Å². The molecule has 0 radical (unpaired) electrons. The quantitative estimate of drug-likeness (QED) is 0.859. The van der Waals surface area contributed by atoms with Crippen molar-refractivity contribution >= 4 is 44.8 Å². The molecule has 2 aromatic heterocycles. The van der Waals surface area contributed by atoms with Crippen molar-refractivity contribution in [1.29, 1.82) is 0 Å². The summed E-state index contributed by atoms with van der Waals surface area (Å²) < 4.78 is 4.97. The average molecular weight is 285 g/mol. The first-order valence-electron chi connectivity index (χ1n) is 5.49. The summed E-state index contributed by atoms with van der Waals surface area (Å²) in [6.07, 6.45) is 0. The lowest BCUT2D eigenvalue weighted by Crippen LogP contribution is -2.04. The molecule has 0 aliphatic heterocycles. The number of hydrogen-bond donors (Lipinski definition) is 1. The van der Waals surface area contributed by atoms with E-state index in [1.54, 1.807) is 6.92 Å². The first-order chi connectivity index (χ1) is 8.47. The molecule has 0 saturated heterocycles. The van der Waals surface area contributed by atoms with Crippen LogP contribution in [0.25, 0.3) is 10.2 Å². The molecule has 2 rings (SSSR count). The number of aryl methyl sites for hydroxylation is 2. The zero-order valence-corrected chi connectivity index (χ0v) is 11.9. The van der Waals surface area contributed by atoms with Crippen LogP contribution >= 0.6 is 22.9 Å². The average Bonchev–Trinajstić information content (AvgIpc) is 2.64. The van der Waals surface area contributed by atoms with Crippen LogP contribution in [0.4, 0.5) is 5.69 Å². The highest BCUT2D eigenvalue weighted by Gasteiger charge is 2.21. The molecule has 2 aromatic rings. The number of esters is 1. The van der Waals surface area contributed by atoms with E-state index in [0.717, 1.165) is 21.5 Å². The van der Waals surface area contributed by atoms with Crippen LogP contribution in [0, 0.1) is 13.8 Å². The fourth-order valence-electron chi connectivity index (χ4n) is 1.80. The predicted molar refractivity (Wildman–Crippen MR) is 74.5 cm³/mol. The van der Waals surface area contributed by atoms with Gasteiger partial charge in [-0.05, 0) is 26.3 Å². The number of carbonyl (C=O) groups is 1. The van der Waals surface area contributed by atoms with Crippen LogP contribution in [0.2, 0.25) is 5.02 Å². The van der Waals surface area contributed by atoms with Crippen molar-refractivity contribution in [1.82, 2.24) is 4.98 Å². The Balaban J connectivity index is 2.71. The third kappa shape index (κ3) is 1.93. The second-order valence-electron chi connectivity index (χ2n) is 3.88. The second kappa shape index (κ2) is 4.74. The van der Waals surface area contributed by atoms with Crippen LogP contribution in [0.5, 0.6) is 0 Å². The molecule has 0 atom stereocenters. The summed E-state index contributed by atoms with van der Waals surface area (Å²) in [5.41, 5.74) is 7.99. The molecular weight excluding hydrogens is 272 g/mol. The van der Waals surface area contributed by atoms with Gasteiger partial charge in [-0.25, -0.2) is 9.78 Å². The van der Waals surface area contributed by atoms with E-state index in [1.807, 2.05) is 13.8 Å². The number of ether oxygens (including phenoxy) is 1. The Hall–Kier alpha value is -1.33. The zero-order valence-electron chi connectivity index (χ0n) is 10.3. The fourth-order valence-corrected chi connectivity index (χ4v) is 3.04. The maximum absolute atomic E-state index is 11.8. The molecule has 2 N–H and O–H groups in total. The van der Waals surface area contributed by atoms with Gasteiger partial charge >= 0.3 is 5.97 Å². The number of nitrogens with two attached hydrogens (primary N) is 1.